The van der Waals surface area contributed by atoms with Gasteiger partial charge >= 0.3 is 0 Å². The first-order valence-corrected chi connectivity index (χ1v) is 16.3. The van der Waals surface area contributed by atoms with Crippen LogP contribution in [0.25, 0.3) is 0 Å². The molecule has 0 saturated carbocycles. The number of carbonyl (C=O) groups excluding carboxylic acids is 3. The van der Waals surface area contributed by atoms with Gasteiger partial charge in [0.1, 0.15) is 11.8 Å². The fourth-order valence-electron chi connectivity index (χ4n) is 6.79. The van der Waals surface area contributed by atoms with Crippen LogP contribution in [0.1, 0.15) is 39.0 Å². The van der Waals surface area contributed by atoms with Crippen LogP contribution in [0.4, 0.5) is 5.69 Å². The number of nitrogens with zero attached hydrogens (tertiary/aromatic N) is 3. The van der Waals surface area contributed by atoms with Gasteiger partial charge in [0.05, 0.1) is 23.7 Å². The number of hydrogen-bond acceptors (Lipinski definition) is 6. The Labute approximate surface area is 256 Å². The number of thioether (sulfide) groups is 1. The number of aliphatic hydroxyl groups is 1. The first-order chi connectivity index (χ1) is 19.8. The SMILES string of the molecule is C=CCN(CCC)C(=O)[C@H]1[C@@H]2SC3(CC2Br)C(C(=O)N(CC=C)c2ccc(OC)cc2)N(CCCCCO)C(=O)[C@H]13. The Balaban J connectivity index is 1.76. The fraction of sp³-hybridized carbons (Fsp3) is 0.581. The molecule has 3 fully saturated rings. The van der Waals surface area contributed by atoms with Gasteiger partial charge in [0, 0.05) is 48.6 Å². The summed E-state index contributed by atoms with van der Waals surface area (Å²) in [7, 11) is 1.60. The average Bonchev–Trinajstić information content (AvgIpc) is 3.56. The van der Waals surface area contributed by atoms with Gasteiger partial charge in [-0.3, -0.25) is 14.4 Å². The van der Waals surface area contributed by atoms with Gasteiger partial charge in [-0.1, -0.05) is 35.0 Å². The summed E-state index contributed by atoms with van der Waals surface area (Å²) in [6.07, 6.45) is 6.92. The van der Waals surface area contributed by atoms with Gasteiger partial charge in [-0.25, -0.2) is 0 Å². The molecule has 224 valence electrons. The monoisotopic (exact) mass is 647 g/mol. The Morgan fingerprint density at radius 1 is 1.17 bits per heavy atom. The van der Waals surface area contributed by atoms with Crippen LogP contribution in [0, 0.1) is 11.8 Å². The van der Waals surface area contributed by atoms with E-state index in [0.717, 1.165) is 12.8 Å². The highest BCUT2D eigenvalue weighted by Gasteiger charge is 2.76. The molecule has 0 aliphatic carbocycles. The molecule has 1 aromatic rings. The van der Waals surface area contributed by atoms with Crippen molar-refractivity contribution in [3.05, 3.63) is 49.6 Å². The summed E-state index contributed by atoms with van der Waals surface area (Å²) in [5.41, 5.74) is 0.698. The van der Waals surface area contributed by atoms with Gasteiger partial charge in [0.25, 0.3) is 5.91 Å². The molecule has 3 amide bonds. The highest BCUT2D eigenvalue weighted by Crippen LogP contribution is 2.68. The third-order valence-corrected chi connectivity index (χ3v) is 11.7. The first-order valence-electron chi connectivity index (χ1n) is 14.5. The molecule has 4 rings (SSSR count). The largest absolute Gasteiger partial charge is 0.497 e. The van der Waals surface area contributed by atoms with Gasteiger partial charge in [-0.05, 0) is 56.4 Å². The smallest absolute Gasteiger partial charge is 0.251 e. The van der Waals surface area contributed by atoms with Crippen molar-refractivity contribution < 1.29 is 24.2 Å². The van der Waals surface area contributed by atoms with E-state index in [2.05, 4.69) is 29.1 Å². The number of aliphatic hydroxyl groups excluding tert-OH is 1. The summed E-state index contributed by atoms with van der Waals surface area (Å²) in [6.45, 7) is 11.6. The number of halogens is 1. The molecule has 3 heterocycles. The van der Waals surface area contributed by atoms with Crippen molar-refractivity contribution in [2.75, 3.05) is 44.8 Å². The van der Waals surface area contributed by atoms with Crippen LogP contribution in [0.15, 0.2) is 49.6 Å². The van der Waals surface area contributed by atoms with Crippen molar-refractivity contribution in [2.24, 2.45) is 11.8 Å². The van der Waals surface area contributed by atoms with Crippen molar-refractivity contribution in [3.63, 3.8) is 0 Å². The number of anilines is 1. The topological polar surface area (TPSA) is 90.4 Å². The average molecular weight is 649 g/mol. The van der Waals surface area contributed by atoms with Crippen molar-refractivity contribution in [3.8, 4) is 5.75 Å². The Morgan fingerprint density at radius 3 is 2.49 bits per heavy atom. The molecule has 41 heavy (non-hydrogen) atoms. The summed E-state index contributed by atoms with van der Waals surface area (Å²) in [6, 6.07) is 6.59. The highest BCUT2D eigenvalue weighted by atomic mass is 79.9. The minimum atomic E-state index is -0.720. The minimum absolute atomic E-state index is 0.0104. The first kappa shape index (κ1) is 31.6. The lowest BCUT2D eigenvalue weighted by atomic mass is 9.70. The van der Waals surface area contributed by atoms with Crippen LogP contribution >= 0.6 is 27.7 Å². The molecular weight excluding hydrogens is 606 g/mol. The molecule has 6 atom stereocenters. The predicted molar refractivity (Wildman–Crippen MR) is 167 cm³/mol. The van der Waals surface area contributed by atoms with E-state index < -0.39 is 22.6 Å². The second kappa shape index (κ2) is 13.8. The minimum Gasteiger partial charge on any atom is -0.497 e. The van der Waals surface area contributed by atoms with E-state index in [4.69, 9.17) is 4.74 Å². The van der Waals surface area contributed by atoms with E-state index in [1.54, 1.807) is 40.8 Å². The van der Waals surface area contributed by atoms with Crippen LogP contribution < -0.4 is 9.64 Å². The molecular formula is C31H42BrN3O5S. The maximum absolute atomic E-state index is 14.7. The second-order valence-corrected chi connectivity index (χ2v) is 13.7. The van der Waals surface area contributed by atoms with Gasteiger partial charge < -0.3 is 24.5 Å². The third-order valence-electron chi connectivity index (χ3n) is 8.48. The van der Waals surface area contributed by atoms with Gasteiger partial charge in [0.15, 0.2) is 0 Å². The number of alkyl halides is 1. The van der Waals surface area contributed by atoms with Crippen molar-refractivity contribution in [1.29, 1.82) is 0 Å². The second-order valence-electron chi connectivity index (χ2n) is 11.0. The normalized spacial score (nSPS) is 28.0. The van der Waals surface area contributed by atoms with Crippen LogP contribution in [0.2, 0.25) is 0 Å². The van der Waals surface area contributed by atoms with Crippen molar-refractivity contribution in [1.82, 2.24) is 9.80 Å². The summed E-state index contributed by atoms with van der Waals surface area (Å²) in [5.74, 6) is -0.696. The Hall–Kier alpha value is -2.30. The molecule has 1 aromatic carbocycles. The lowest BCUT2D eigenvalue weighted by Crippen LogP contribution is -2.56. The number of ether oxygens (including phenoxy) is 1. The maximum atomic E-state index is 14.7. The number of benzene rings is 1. The zero-order valence-electron chi connectivity index (χ0n) is 24.0. The molecule has 1 spiro atoms. The van der Waals surface area contributed by atoms with Crippen LogP contribution in [0.3, 0.4) is 0 Å². The zero-order valence-corrected chi connectivity index (χ0v) is 26.4. The van der Waals surface area contributed by atoms with Gasteiger partial charge in [0.2, 0.25) is 11.8 Å². The maximum Gasteiger partial charge on any atom is 0.251 e. The van der Waals surface area contributed by atoms with Crippen molar-refractivity contribution >= 4 is 51.1 Å². The van der Waals surface area contributed by atoms with Crippen LogP contribution in [0.5, 0.6) is 5.75 Å². The third kappa shape index (κ3) is 5.84. The van der Waals surface area contributed by atoms with E-state index in [-0.39, 0.29) is 41.0 Å². The molecule has 0 aromatic heterocycles. The van der Waals surface area contributed by atoms with Crippen molar-refractivity contribution in [2.45, 2.75) is 59.9 Å². The zero-order chi connectivity index (χ0) is 29.7. The van der Waals surface area contributed by atoms with E-state index >= 15 is 0 Å². The van der Waals surface area contributed by atoms with Crippen LogP contribution in [-0.2, 0) is 14.4 Å². The summed E-state index contributed by atoms with van der Waals surface area (Å²) < 4.78 is 4.60. The van der Waals surface area contributed by atoms with Gasteiger partial charge in [-0.15, -0.1) is 24.9 Å². The number of rotatable bonds is 15. The molecule has 3 aliphatic heterocycles. The van der Waals surface area contributed by atoms with E-state index in [1.807, 2.05) is 36.1 Å². The highest BCUT2D eigenvalue weighted by molar-refractivity contribution is 9.09. The number of likely N-dealkylation sites (tertiary alicyclic amines) is 1. The number of hydrogen-bond donors (Lipinski definition) is 1. The Kier molecular flexibility index (Phi) is 10.6. The summed E-state index contributed by atoms with van der Waals surface area (Å²) in [5, 5.41) is 9.21. The molecule has 3 aliphatic rings. The lowest BCUT2D eigenvalue weighted by molar-refractivity contribution is -0.143. The van der Waals surface area contributed by atoms with Gasteiger partial charge in [-0.2, -0.15) is 0 Å². The lowest BCUT2D eigenvalue weighted by Gasteiger charge is -2.38. The van der Waals surface area contributed by atoms with E-state index in [9.17, 15) is 19.5 Å². The molecule has 3 saturated heterocycles. The number of amides is 3. The number of fused-ring (bicyclic) bond motifs is 1. The number of unbranched alkanes of at least 4 members (excludes halogenated alkanes) is 2. The number of methoxy groups -OCH3 is 1. The van der Waals surface area contributed by atoms with E-state index in [1.165, 1.54) is 0 Å². The predicted octanol–water partition coefficient (Wildman–Crippen LogP) is 4.27. The molecule has 8 nitrogen and oxygen atoms in total. The quantitative estimate of drug-likeness (QED) is 0.174. The molecule has 10 heteroatoms. The molecule has 1 N–H and O–H groups in total. The standard InChI is InChI=1S/C31H42BrN3O5S/c1-5-15-33(16-6-2)28(37)24-25-29(38)35(18-9-8-10-19-36)27(31(25)20-23(32)26(24)41-31)30(39)34(17-7-3)21-11-13-22(40-4)14-12-21/h5,7,11-14,23-27,36H,1,3,6,8-10,15-20H2,2,4H3/t23?,24-,25+,26-,27?,31?/m1/s1. The fourth-order valence-corrected chi connectivity index (χ4v) is 10.4. The molecule has 3 unspecified atom stereocenters. The van der Waals surface area contributed by atoms with E-state index in [0.29, 0.717) is 50.3 Å². The summed E-state index contributed by atoms with van der Waals surface area (Å²) >= 11 is 5.51. The van der Waals surface area contributed by atoms with Crippen LogP contribution in [-0.4, -0.2) is 93.4 Å². The number of carbonyl (C=O) groups is 3. The Morgan fingerprint density at radius 2 is 1.88 bits per heavy atom. The Bertz CT molecular complexity index is 1130. The molecule has 0 radical (unpaired) electrons. The summed E-state index contributed by atoms with van der Waals surface area (Å²) in [4.78, 5) is 48.3. The molecule has 2 bridgehead atoms.